The number of aromatic nitrogens is 3. The first-order valence-electron chi connectivity index (χ1n) is 22.5. The SMILES string of the molecule is CC(C)c1cc(-c2ccccc2)cc(C(C)C)c1-n1c(-c2[c-]ccc3c2oc2cc4c(ccc5ccccc54)cc23)nc2ccccc21.C[Si](C)(C)c1ccnc(-c2[c-]cc(F)cc2)c1.[Ir]. The van der Waals surface area contributed by atoms with Crippen molar-refractivity contribution in [2.24, 2.45) is 0 Å². The number of hydrogen-bond acceptors (Lipinski definition) is 3. The zero-order chi connectivity index (χ0) is 45.0. The summed E-state index contributed by atoms with van der Waals surface area (Å²) in [5.74, 6) is 1.13. The van der Waals surface area contributed by atoms with E-state index in [0.29, 0.717) is 0 Å². The molecule has 7 heteroatoms. The van der Waals surface area contributed by atoms with E-state index in [1.54, 1.807) is 6.07 Å². The molecule has 0 amide bonds. The smallest absolute Gasteiger partial charge is 0.121 e. The van der Waals surface area contributed by atoms with Crippen molar-refractivity contribution in [3.63, 3.8) is 0 Å². The number of rotatable bonds is 7. The van der Waals surface area contributed by atoms with Crippen LogP contribution in [0.1, 0.15) is 50.7 Å². The van der Waals surface area contributed by atoms with Crippen molar-refractivity contribution >= 4 is 67.8 Å². The van der Waals surface area contributed by atoms with Gasteiger partial charge < -0.3 is 14.0 Å². The van der Waals surface area contributed by atoms with Gasteiger partial charge in [-0.2, -0.15) is 0 Å². The molecular formula is C59H50FIrN3OSi-2. The molecule has 66 heavy (non-hydrogen) atoms. The maximum atomic E-state index is 12.8. The van der Waals surface area contributed by atoms with Gasteiger partial charge in [0, 0.05) is 43.2 Å². The zero-order valence-corrected chi connectivity index (χ0v) is 41.6. The van der Waals surface area contributed by atoms with E-state index in [9.17, 15) is 4.39 Å². The van der Waals surface area contributed by atoms with Gasteiger partial charge in [0.05, 0.1) is 30.5 Å². The topological polar surface area (TPSA) is 43.9 Å². The van der Waals surface area contributed by atoms with Gasteiger partial charge in [-0.3, -0.25) is 9.37 Å². The predicted octanol–water partition coefficient (Wildman–Crippen LogP) is 15.8. The van der Waals surface area contributed by atoms with Crippen LogP contribution in [-0.4, -0.2) is 22.6 Å². The van der Waals surface area contributed by atoms with E-state index in [0.717, 1.165) is 55.6 Å². The normalized spacial score (nSPS) is 11.8. The Labute approximate surface area is 400 Å². The molecule has 0 N–H and O–H groups in total. The van der Waals surface area contributed by atoms with E-state index in [1.165, 1.54) is 66.8 Å². The average Bonchev–Trinajstić information content (AvgIpc) is 3.89. The zero-order valence-electron chi connectivity index (χ0n) is 38.2. The molecule has 0 aliphatic rings. The van der Waals surface area contributed by atoms with Crippen LogP contribution in [0.15, 0.2) is 168 Å². The van der Waals surface area contributed by atoms with Gasteiger partial charge in [-0.1, -0.05) is 148 Å². The quantitative estimate of drug-likeness (QED) is 0.0908. The van der Waals surface area contributed by atoms with Crippen LogP contribution in [0.2, 0.25) is 19.6 Å². The molecule has 0 aliphatic carbocycles. The van der Waals surface area contributed by atoms with Crippen molar-refractivity contribution in [1.82, 2.24) is 14.5 Å². The number of fused-ring (bicyclic) bond motifs is 7. The molecule has 0 aliphatic heterocycles. The number of pyridine rings is 1. The van der Waals surface area contributed by atoms with Crippen molar-refractivity contribution in [3.8, 4) is 39.5 Å². The second-order valence-corrected chi connectivity index (χ2v) is 23.7. The number of imidazole rings is 1. The third-order valence-corrected chi connectivity index (χ3v) is 14.5. The molecule has 0 saturated carbocycles. The number of nitrogens with zero attached hydrogens (tertiary/aromatic N) is 3. The third kappa shape index (κ3) is 8.32. The Kier molecular flexibility index (Phi) is 12.2. The predicted molar refractivity (Wildman–Crippen MR) is 273 cm³/mol. The maximum absolute atomic E-state index is 12.8. The number of furan rings is 1. The summed E-state index contributed by atoms with van der Waals surface area (Å²) in [5.41, 5.74) is 12.5. The molecular weight excluding hydrogens is 1010 g/mol. The summed E-state index contributed by atoms with van der Waals surface area (Å²) in [4.78, 5) is 9.65. The minimum Gasteiger partial charge on any atom is -0.501 e. The van der Waals surface area contributed by atoms with Crippen molar-refractivity contribution < 1.29 is 28.9 Å². The summed E-state index contributed by atoms with van der Waals surface area (Å²) in [6.45, 7) is 16.0. The second-order valence-electron chi connectivity index (χ2n) is 18.6. The number of halogens is 1. The number of hydrogen-bond donors (Lipinski definition) is 0. The van der Waals surface area contributed by atoms with Gasteiger partial charge in [-0.15, -0.1) is 48.0 Å². The van der Waals surface area contributed by atoms with Crippen LogP contribution in [0.5, 0.6) is 0 Å². The van der Waals surface area contributed by atoms with E-state index >= 15 is 0 Å². The van der Waals surface area contributed by atoms with Crippen LogP contribution in [0, 0.1) is 17.9 Å². The molecule has 0 bridgehead atoms. The van der Waals surface area contributed by atoms with Crippen LogP contribution < -0.4 is 5.19 Å². The molecule has 0 fully saturated rings. The fraction of sp³-hybridized carbons (Fsp3) is 0.153. The van der Waals surface area contributed by atoms with Gasteiger partial charge in [0.2, 0.25) is 0 Å². The van der Waals surface area contributed by atoms with Crippen molar-refractivity contribution in [1.29, 1.82) is 0 Å². The molecule has 329 valence electrons. The maximum Gasteiger partial charge on any atom is 0.121 e. The van der Waals surface area contributed by atoms with Gasteiger partial charge in [0.15, 0.2) is 0 Å². The largest absolute Gasteiger partial charge is 0.501 e. The number of para-hydroxylation sites is 2. The minimum atomic E-state index is -1.34. The Hall–Kier alpha value is -6.50. The first-order valence-corrected chi connectivity index (χ1v) is 26.0. The van der Waals surface area contributed by atoms with E-state index in [1.807, 2.05) is 12.3 Å². The molecule has 0 atom stereocenters. The monoisotopic (exact) mass is 1060 g/mol. The van der Waals surface area contributed by atoms with E-state index in [4.69, 9.17) is 9.40 Å². The summed E-state index contributed by atoms with van der Waals surface area (Å²) < 4.78 is 22.0. The first-order chi connectivity index (χ1) is 31.4. The van der Waals surface area contributed by atoms with Gasteiger partial charge >= 0.3 is 0 Å². The van der Waals surface area contributed by atoms with Crippen LogP contribution in [0.25, 0.3) is 94.0 Å². The third-order valence-electron chi connectivity index (χ3n) is 12.5. The van der Waals surface area contributed by atoms with Crippen molar-refractivity contribution in [2.45, 2.75) is 59.2 Å². The van der Waals surface area contributed by atoms with E-state index < -0.39 is 8.07 Å². The molecule has 4 nitrogen and oxygen atoms in total. The van der Waals surface area contributed by atoms with Gasteiger partial charge in [-0.25, -0.2) is 0 Å². The molecule has 11 rings (SSSR count). The summed E-state index contributed by atoms with van der Waals surface area (Å²) >= 11 is 0. The first kappa shape index (κ1) is 44.7. The molecule has 11 aromatic rings. The van der Waals surface area contributed by atoms with Gasteiger partial charge in [0.1, 0.15) is 5.58 Å². The van der Waals surface area contributed by atoms with Crippen molar-refractivity contribution in [3.05, 3.63) is 193 Å². The summed E-state index contributed by atoms with van der Waals surface area (Å²) in [6, 6.07) is 60.7. The fourth-order valence-corrected chi connectivity index (χ4v) is 10.2. The van der Waals surface area contributed by atoms with E-state index in [2.05, 4.69) is 202 Å². The van der Waals surface area contributed by atoms with Gasteiger partial charge in [-0.05, 0) is 104 Å². The van der Waals surface area contributed by atoms with Crippen LogP contribution >= 0.6 is 0 Å². The van der Waals surface area contributed by atoms with Crippen LogP contribution in [-0.2, 0) is 20.1 Å². The molecule has 8 aromatic carbocycles. The minimum absolute atomic E-state index is 0. The molecule has 0 unspecified atom stereocenters. The van der Waals surface area contributed by atoms with Crippen LogP contribution in [0.4, 0.5) is 4.39 Å². The Morgan fingerprint density at radius 1 is 0.636 bits per heavy atom. The van der Waals surface area contributed by atoms with Gasteiger partial charge in [0.25, 0.3) is 0 Å². The number of benzene rings is 8. The molecule has 3 heterocycles. The second kappa shape index (κ2) is 18.1. The molecule has 1 radical (unpaired) electrons. The molecule has 0 spiro atoms. The fourth-order valence-electron chi connectivity index (χ4n) is 9.05. The standard InChI is InChI=1S/C45H35N2O.C14H15FNSi.Ir/c1-27(2)36-24-32(29-13-6-5-7-14-29)25-37(28(3)4)43(36)47-41-20-11-10-19-40(41)46-45(47)35-18-12-17-34-39-23-31-22-21-30-15-8-9-16-33(30)38(31)26-42(39)48-44(34)35;1-17(2,3)13-8-9-16-14(10-13)11-4-6-12(15)7-5-11;/h5-17,19-28H,1-4H3;4,6-10H,1-3H3;/q2*-1;. The Morgan fingerprint density at radius 2 is 1.35 bits per heavy atom. The average molecular weight is 1060 g/mol. The van der Waals surface area contributed by atoms with E-state index in [-0.39, 0.29) is 37.8 Å². The van der Waals surface area contributed by atoms with Crippen molar-refractivity contribution in [2.75, 3.05) is 0 Å². The molecule has 3 aromatic heterocycles. The summed E-state index contributed by atoms with van der Waals surface area (Å²) in [6.07, 6.45) is 1.82. The van der Waals surface area contributed by atoms with Crippen LogP contribution in [0.3, 0.4) is 0 Å². The Morgan fingerprint density at radius 3 is 2.08 bits per heavy atom. The summed E-state index contributed by atoms with van der Waals surface area (Å²) in [5, 5.41) is 8.37. The molecule has 0 saturated heterocycles. The Bertz CT molecular complexity index is 3520. The summed E-state index contributed by atoms with van der Waals surface area (Å²) in [7, 11) is -1.34. The Balaban J connectivity index is 0.000000257.